The Labute approximate surface area is 154 Å². The molecule has 3 heterocycles. The Morgan fingerprint density at radius 3 is 2.92 bits per heavy atom. The summed E-state index contributed by atoms with van der Waals surface area (Å²) in [6, 6.07) is 7.76. The van der Waals surface area contributed by atoms with Gasteiger partial charge in [0.15, 0.2) is 0 Å². The fraction of sp³-hybridized carbons (Fsp3) is 0.476. The summed E-state index contributed by atoms with van der Waals surface area (Å²) in [5.74, 6) is 1.07. The van der Waals surface area contributed by atoms with Crippen molar-refractivity contribution in [2.75, 3.05) is 13.1 Å². The van der Waals surface area contributed by atoms with Gasteiger partial charge in [0.25, 0.3) is 5.91 Å². The quantitative estimate of drug-likeness (QED) is 0.848. The van der Waals surface area contributed by atoms with Gasteiger partial charge >= 0.3 is 0 Å². The van der Waals surface area contributed by atoms with Crippen molar-refractivity contribution in [3.8, 4) is 0 Å². The van der Waals surface area contributed by atoms with Crippen LogP contribution in [-0.2, 0) is 11.3 Å². The number of likely N-dealkylation sites (tertiary alicyclic amines) is 1. The van der Waals surface area contributed by atoms with Crippen molar-refractivity contribution < 1.29 is 9.53 Å². The van der Waals surface area contributed by atoms with Gasteiger partial charge in [-0.2, -0.15) is 0 Å². The highest BCUT2D eigenvalue weighted by Crippen LogP contribution is 2.38. The number of hydrogen-bond acceptors (Lipinski definition) is 4. The van der Waals surface area contributed by atoms with Gasteiger partial charge in [-0.1, -0.05) is 12.5 Å². The zero-order valence-electron chi connectivity index (χ0n) is 15.2. The summed E-state index contributed by atoms with van der Waals surface area (Å²) in [6.07, 6.45) is 8.99. The van der Waals surface area contributed by atoms with Crippen molar-refractivity contribution in [2.24, 2.45) is 11.8 Å². The van der Waals surface area contributed by atoms with Gasteiger partial charge in [0, 0.05) is 43.3 Å². The fourth-order valence-electron chi connectivity index (χ4n) is 4.25. The van der Waals surface area contributed by atoms with E-state index in [4.69, 9.17) is 4.74 Å². The third kappa shape index (κ3) is 3.63. The highest BCUT2D eigenvalue weighted by Gasteiger charge is 2.42. The lowest BCUT2D eigenvalue weighted by molar-refractivity contribution is -0.0293. The van der Waals surface area contributed by atoms with Crippen molar-refractivity contribution >= 4 is 5.91 Å². The zero-order valence-corrected chi connectivity index (χ0v) is 15.2. The molecule has 0 radical (unpaired) electrons. The van der Waals surface area contributed by atoms with Gasteiger partial charge in [-0.05, 0) is 49.4 Å². The molecule has 136 valence electrons. The summed E-state index contributed by atoms with van der Waals surface area (Å²) in [5, 5.41) is 0. The molecule has 26 heavy (non-hydrogen) atoms. The summed E-state index contributed by atoms with van der Waals surface area (Å²) in [4.78, 5) is 23.2. The van der Waals surface area contributed by atoms with Gasteiger partial charge in [-0.15, -0.1) is 0 Å². The van der Waals surface area contributed by atoms with Crippen LogP contribution in [0.25, 0.3) is 0 Å². The Balaban J connectivity index is 1.40. The highest BCUT2D eigenvalue weighted by atomic mass is 16.5. The molecular formula is C21H25N3O2. The van der Waals surface area contributed by atoms with E-state index < -0.39 is 0 Å². The first-order valence-electron chi connectivity index (χ1n) is 9.43. The van der Waals surface area contributed by atoms with E-state index in [9.17, 15) is 4.79 Å². The number of aromatic nitrogens is 2. The van der Waals surface area contributed by atoms with Gasteiger partial charge in [0.1, 0.15) is 0 Å². The summed E-state index contributed by atoms with van der Waals surface area (Å²) in [5.41, 5.74) is 2.72. The van der Waals surface area contributed by atoms with Crippen molar-refractivity contribution in [3.05, 3.63) is 59.7 Å². The number of aryl methyl sites for hydroxylation is 1. The standard InChI is InChI=1S/C21H25N3O2/c1-15-7-8-17(11-23-15)21(25)24-12-18-5-2-6-20(19(18)13-24)26-14-16-4-3-9-22-10-16/h3-4,7-11,18-20H,2,5-6,12-14H2,1H3/t18-,19+,20-/m1/s1. The van der Waals surface area contributed by atoms with Gasteiger partial charge in [-0.25, -0.2) is 0 Å². The lowest BCUT2D eigenvalue weighted by atomic mass is 9.79. The number of rotatable bonds is 4. The molecule has 2 aromatic heterocycles. The monoisotopic (exact) mass is 351 g/mol. The van der Waals surface area contributed by atoms with Crippen LogP contribution in [0.1, 0.15) is 40.9 Å². The van der Waals surface area contributed by atoms with Crippen LogP contribution in [0.4, 0.5) is 0 Å². The Kier molecular flexibility index (Phi) is 4.98. The van der Waals surface area contributed by atoms with Crippen molar-refractivity contribution in [3.63, 3.8) is 0 Å². The smallest absolute Gasteiger partial charge is 0.255 e. The van der Waals surface area contributed by atoms with E-state index in [-0.39, 0.29) is 12.0 Å². The van der Waals surface area contributed by atoms with Gasteiger partial charge < -0.3 is 9.64 Å². The molecule has 1 amide bonds. The molecule has 0 spiro atoms. The average molecular weight is 351 g/mol. The largest absolute Gasteiger partial charge is 0.373 e. The van der Waals surface area contributed by atoms with Crippen molar-refractivity contribution in [1.82, 2.24) is 14.9 Å². The average Bonchev–Trinajstić information content (AvgIpc) is 3.12. The summed E-state index contributed by atoms with van der Waals surface area (Å²) in [6.45, 7) is 4.15. The molecule has 0 aromatic carbocycles. The Morgan fingerprint density at radius 2 is 2.15 bits per heavy atom. The number of amides is 1. The number of ether oxygens (including phenoxy) is 1. The van der Waals surface area contributed by atoms with Crippen LogP contribution in [0.3, 0.4) is 0 Å². The number of carbonyl (C=O) groups excluding carboxylic acids is 1. The molecule has 4 rings (SSSR count). The number of nitrogens with zero attached hydrogens (tertiary/aromatic N) is 3. The van der Waals surface area contributed by atoms with E-state index in [1.54, 1.807) is 12.4 Å². The molecule has 0 unspecified atom stereocenters. The van der Waals surface area contributed by atoms with E-state index in [1.807, 2.05) is 42.3 Å². The van der Waals surface area contributed by atoms with Crippen LogP contribution in [-0.4, -0.2) is 40.0 Å². The molecule has 0 N–H and O–H groups in total. The van der Waals surface area contributed by atoms with Crippen LogP contribution in [0.2, 0.25) is 0 Å². The van der Waals surface area contributed by atoms with Crippen LogP contribution in [0, 0.1) is 18.8 Å². The Hall–Kier alpha value is -2.27. The fourth-order valence-corrected chi connectivity index (χ4v) is 4.25. The molecule has 5 heteroatoms. The minimum absolute atomic E-state index is 0.0953. The summed E-state index contributed by atoms with van der Waals surface area (Å²) >= 11 is 0. The molecule has 1 aliphatic carbocycles. The third-order valence-corrected chi connectivity index (χ3v) is 5.67. The molecule has 3 atom stereocenters. The van der Waals surface area contributed by atoms with E-state index in [2.05, 4.69) is 9.97 Å². The maximum absolute atomic E-state index is 12.8. The molecule has 0 bridgehead atoms. The first-order valence-corrected chi connectivity index (χ1v) is 9.43. The van der Waals surface area contributed by atoms with Gasteiger partial charge in [-0.3, -0.25) is 14.8 Å². The predicted molar refractivity (Wildman–Crippen MR) is 98.5 cm³/mol. The van der Waals surface area contributed by atoms with Crippen LogP contribution < -0.4 is 0 Å². The minimum atomic E-state index is 0.0953. The SMILES string of the molecule is Cc1ccc(C(=O)N2C[C@H]3CCC[C@@H](OCc4cccnc4)[C@H]3C2)cn1. The molecule has 1 saturated carbocycles. The first-order chi connectivity index (χ1) is 12.7. The van der Waals surface area contributed by atoms with Gasteiger partial charge in [0.05, 0.1) is 18.3 Å². The van der Waals surface area contributed by atoms with Crippen molar-refractivity contribution in [2.45, 2.75) is 38.9 Å². The van der Waals surface area contributed by atoms with Crippen LogP contribution in [0.15, 0.2) is 42.9 Å². The topological polar surface area (TPSA) is 55.3 Å². The normalized spacial score (nSPS) is 25.1. The number of hydrogen-bond donors (Lipinski definition) is 0. The van der Waals surface area contributed by atoms with Crippen LogP contribution >= 0.6 is 0 Å². The predicted octanol–water partition coefficient (Wildman–Crippen LogP) is 3.24. The highest BCUT2D eigenvalue weighted by molar-refractivity contribution is 5.94. The minimum Gasteiger partial charge on any atom is -0.373 e. The van der Waals surface area contributed by atoms with E-state index in [1.165, 1.54) is 12.8 Å². The lowest BCUT2D eigenvalue weighted by Crippen LogP contribution is -2.34. The lowest BCUT2D eigenvalue weighted by Gasteiger charge is -2.32. The van der Waals surface area contributed by atoms with E-state index >= 15 is 0 Å². The molecule has 2 aliphatic rings. The molecule has 5 nitrogen and oxygen atoms in total. The van der Waals surface area contributed by atoms with Gasteiger partial charge in [0.2, 0.25) is 0 Å². The summed E-state index contributed by atoms with van der Waals surface area (Å²) < 4.78 is 6.24. The molecule has 1 aliphatic heterocycles. The summed E-state index contributed by atoms with van der Waals surface area (Å²) in [7, 11) is 0. The second-order valence-electron chi connectivity index (χ2n) is 7.46. The maximum atomic E-state index is 12.8. The second kappa shape index (κ2) is 7.54. The molecule has 2 aromatic rings. The molecule has 1 saturated heterocycles. The number of carbonyl (C=O) groups is 1. The van der Waals surface area contributed by atoms with Crippen LogP contribution in [0.5, 0.6) is 0 Å². The number of fused-ring (bicyclic) bond motifs is 1. The second-order valence-corrected chi connectivity index (χ2v) is 7.46. The third-order valence-electron chi connectivity index (χ3n) is 5.67. The Bertz CT molecular complexity index is 748. The van der Waals surface area contributed by atoms with E-state index in [0.29, 0.717) is 24.0 Å². The van der Waals surface area contributed by atoms with E-state index in [0.717, 1.165) is 30.8 Å². The zero-order chi connectivity index (χ0) is 17.9. The Morgan fingerprint density at radius 1 is 1.23 bits per heavy atom. The molecular weight excluding hydrogens is 326 g/mol. The number of pyridine rings is 2. The maximum Gasteiger partial charge on any atom is 0.255 e. The first kappa shape index (κ1) is 17.2. The molecule has 2 fully saturated rings. The van der Waals surface area contributed by atoms with Crippen molar-refractivity contribution in [1.29, 1.82) is 0 Å².